The minimum absolute atomic E-state index is 0.101. The fraction of sp³-hybridized carbons (Fsp3) is 0.105. The van der Waals surface area contributed by atoms with E-state index < -0.39 is 10.9 Å². The van der Waals surface area contributed by atoms with Gasteiger partial charge in [0.2, 0.25) is 0 Å². The molecule has 0 saturated heterocycles. The van der Waals surface area contributed by atoms with Crippen LogP contribution in [0.15, 0.2) is 64.2 Å². The van der Waals surface area contributed by atoms with Crippen LogP contribution in [0.4, 0.5) is 17.1 Å². The molecule has 1 atom stereocenters. The predicted octanol–water partition coefficient (Wildman–Crippen LogP) is 3.07. The van der Waals surface area contributed by atoms with E-state index in [0.29, 0.717) is 16.9 Å². The van der Waals surface area contributed by atoms with Gasteiger partial charge in [-0.1, -0.05) is 30.3 Å². The van der Waals surface area contributed by atoms with Crippen molar-refractivity contribution in [3.05, 3.63) is 86.2 Å². The van der Waals surface area contributed by atoms with Gasteiger partial charge in [0, 0.05) is 11.7 Å². The molecule has 0 aromatic heterocycles. The van der Waals surface area contributed by atoms with Crippen molar-refractivity contribution in [3.63, 3.8) is 0 Å². The molecule has 5 nitrogen and oxygen atoms in total. The maximum atomic E-state index is 11.9. The average Bonchev–Trinajstić information content (AvgIpc) is 2.65. The summed E-state index contributed by atoms with van der Waals surface area (Å²) >= 11 is 0. The van der Waals surface area contributed by atoms with E-state index in [9.17, 15) is 9.59 Å². The third kappa shape index (κ3) is 2.90. The quantitative estimate of drug-likeness (QED) is 0.707. The summed E-state index contributed by atoms with van der Waals surface area (Å²) < 4.78 is 0. The SMILES string of the molecule is C[C@H](Nc1c(Nc2ccc(C#N)cc2)c(=O)c1=O)c1ccccc1. The molecule has 0 amide bonds. The van der Waals surface area contributed by atoms with E-state index >= 15 is 0 Å². The van der Waals surface area contributed by atoms with Crippen LogP contribution in [0.25, 0.3) is 0 Å². The highest BCUT2D eigenvalue weighted by molar-refractivity contribution is 5.79. The van der Waals surface area contributed by atoms with Crippen LogP contribution in [0.1, 0.15) is 24.1 Å². The van der Waals surface area contributed by atoms with Crippen molar-refractivity contribution in [2.75, 3.05) is 10.6 Å². The van der Waals surface area contributed by atoms with Crippen LogP contribution >= 0.6 is 0 Å². The minimum Gasteiger partial charge on any atom is -0.373 e. The fourth-order valence-corrected chi connectivity index (χ4v) is 2.46. The maximum Gasteiger partial charge on any atom is 0.253 e. The Morgan fingerprint density at radius 1 is 0.917 bits per heavy atom. The number of nitrogens with zero attached hydrogens (tertiary/aromatic N) is 1. The van der Waals surface area contributed by atoms with Gasteiger partial charge < -0.3 is 10.6 Å². The molecule has 3 aromatic carbocycles. The molecule has 2 N–H and O–H groups in total. The van der Waals surface area contributed by atoms with Gasteiger partial charge in [0.1, 0.15) is 11.4 Å². The highest BCUT2D eigenvalue weighted by Crippen LogP contribution is 2.25. The van der Waals surface area contributed by atoms with Gasteiger partial charge in [-0.2, -0.15) is 5.26 Å². The highest BCUT2D eigenvalue weighted by atomic mass is 16.2. The van der Waals surface area contributed by atoms with E-state index in [1.807, 2.05) is 43.3 Å². The third-order valence-electron chi connectivity index (χ3n) is 3.85. The second-order valence-corrected chi connectivity index (χ2v) is 5.50. The fourth-order valence-electron chi connectivity index (χ4n) is 2.46. The van der Waals surface area contributed by atoms with Gasteiger partial charge in [0.05, 0.1) is 11.6 Å². The van der Waals surface area contributed by atoms with Gasteiger partial charge in [-0.15, -0.1) is 0 Å². The molecule has 0 bridgehead atoms. The number of hydrogen-bond donors (Lipinski definition) is 2. The van der Waals surface area contributed by atoms with Crippen LogP contribution < -0.4 is 21.5 Å². The molecule has 0 aliphatic heterocycles. The molecule has 0 aliphatic carbocycles. The molecule has 0 fully saturated rings. The summed E-state index contributed by atoms with van der Waals surface area (Å²) in [5, 5.41) is 14.9. The van der Waals surface area contributed by atoms with Gasteiger partial charge in [0.15, 0.2) is 0 Å². The molecule has 0 aliphatic rings. The monoisotopic (exact) mass is 317 g/mol. The van der Waals surface area contributed by atoms with Crippen LogP contribution in [0.3, 0.4) is 0 Å². The maximum absolute atomic E-state index is 11.9. The molecule has 0 unspecified atom stereocenters. The lowest BCUT2D eigenvalue weighted by Crippen LogP contribution is -2.37. The Kier molecular flexibility index (Phi) is 4.13. The van der Waals surface area contributed by atoms with Crippen molar-refractivity contribution in [1.29, 1.82) is 5.26 Å². The van der Waals surface area contributed by atoms with Gasteiger partial charge in [-0.05, 0) is 36.8 Å². The summed E-state index contributed by atoms with van der Waals surface area (Å²) in [6.45, 7) is 1.93. The normalized spacial score (nSPS) is 11.7. The molecule has 24 heavy (non-hydrogen) atoms. The van der Waals surface area contributed by atoms with E-state index in [1.165, 1.54) is 0 Å². The number of hydrogen-bond acceptors (Lipinski definition) is 5. The predicted molar refractivity (Wildman–Crippen MR) is 94.3 cm³/mol. The third-order valence-corrected chi connectivity index (χ3v) is 3.85. The standard InChI is InChI=1S/C19H15N3O2/c1-12(14-5-3-2-4-6-14)21-16-17(19(24)18(16)23)22-15-9-7-13(11-20)8-10-15/h2-10,12,21-22H,1H3/t12-/m0/s1. The summed E-state index contributed by atoms with van der Waals surface area (Å²) in [4.78, 5) is 23.7. The van der Waals surface area contributed by atoms with Crippen LogP contribution in [0, 0.1) is 11.3 Å². The van der Waals surface area contributed by atoms with Crippen LogP contribution in [-0.2, 0) is 0 Å². The zero-order valence-electron chi connectivity index (χ0n) is 13.0. The van der Waals surface area contributed by atoms with Crippen molar-refractivity contribution >= 4 is 17.1 Å². The zero-order chi connectivity index (χ0) is 17.1. The Morgan fingerprint density at radius 2 is 1.54 bits per heavy atom. The second-order valence-electron chi connectivity index (χ2n) is 5.50. The number of anilines is 3. The number of benzene rings is 2. The van der Waals surface area contributed by atoms with Gasteiger partial charge >= 0.3 is 0 Å². The molecule has 3 rings (SSSR count). The number of nitrogens with one attached hydrogen (secondary N) is 2. The molecule has 118 valence electrons. The van der Waals surface area contributed by atoms with Gasteiger partial charge in [0.25, 0.3) is 10.9 Å². The molecular weight excluding hydrogens is 302 g/mol. The first-order valence-electron chi connectivity index (χ1n) is 7.52. The molecule has 0 radical (unpaired) electrons. The van der Waals surface area contributed by atoms with Crippen LogP contribution in [0.2, 0.25) is 0 Å². The Balaban J connectivity index is 1.81. The molecule has 3 aromatic rings. The van der Waals surface area contributed by atoms with Crippen molar-refractivity contribution in [2.45, 2.75) is 13.0 Å². The Bertz CT molecular complexity index is 963. The summed E-state index contributed by atoms with van der Waals surface area (Å²) in [5.41, 5.74) is 1.69. The summed E-state index contributed by atoms with van der Waals surface area (Å²) in [7, 11) is 0. The second kappa shape index (κ2) is 6.39. The molecule has 5 heteroatoms. The van der Waals surface area contributed by atoms with E-state index in [4.69, 9.17) is 5.26 Å². The van der Waals surface area contributed by atoms with Crippen LogP contribution in [0.5, 0.6) is 0 Å². The number of nitriles is 1. The minimum atomic E-state index is -0.540. The van der Waals surface area contributed by atoms with Crippen molar-refractivity contribution in [3.8, 4) is 6.07 Å². The Hall–Kier alpha value is -3.39. The Morgan fingerprint density at radius 3 is 2.17 bits per heavy atom. The lowest BCUT2D eigenvalue weighted by atomic mass is 10.1. The lowest BCUT2D eigenvalue weighted by molar-refractivity contribution is 0.880. The summed E-state index contributed by atoms with van der Waals surface area (Å²) in [5.74, 6) is 0. The topological polar surface area (TPSA) is 82.0 Å². The van der Waals surface area contributed by atoms with E-state index in [1.54, 1.807) is 24.3 Å². The van der Waals surface area contributed by atoms with E-state index in [2.05, 4.69) is 10.6 Å². The van der Waals surface area contributed by atoms with Crippen molar-refractivity contribution in [2.24, 2.45) is 0 Å². The first-order valence-corrected chi connectivity index (χ1v) is 7.52. The van der Waals surface area contributed by atoms with Crippen molar-refractivity contribution in [1.82, 2.24) is 0 Å². The summed E-state index contributed by atoms with van der Waals surface area (Å²) in [6, 6.07) is 18.3. The molecule has 0 saturated carbocycles. The van der Waals surface area contributed by atoms with Gasteiger partial charge in [-0.25, -0.2) is 0 Å². The van der Waals surface area contributed by atoms with Gasteiger partial charge in [-0.3, -0.25) is 9.59 Å². The molecule has 0 spiro atoms. The Labute approximate surface area is 138 Å². The van der Waals surface area contributed by atoms with E-state index in [-0.39, 0.29) is 11.7 Å². The molecular formula is C19H15N3O2. The lowest BCUT2D eigenvalue weighted by Gasteiger charge is -2.20. The average molecular weight is 317 g/mol. The highest BCUT2D eigenvalue weighted by Gasteiger charge is 2.22. The number of rotatable bonds is 5. The largest absolute Gasteiger partial charge is 0.373 e. The van der Waals surface area contributed by atoms with Crippen LogP contribution in [-0.4, -0.2) is 0 Å². The van der Waals surface area contributed by atoms with E-state index in [0.717, 1.165) is 5.56 Å². The summed E-state index contributed by atoms with van der Waals surface area (Å²) in [6.07, 6.45) is 0. The smallest absolute Gasteiger partial charge is 0.253 e. The zero-order valence-corrected chi connectivity index (χ0v) is 13.0. The first-order chi connectivity index (χ1) is 11.6. The van der Waals surface area contributed by atoms with Crippen molar-refractivity contribution < 1.29 is 0 Å². The molecule has 0 heterocycles. The first kappa shape index (κ1) is 15.5.